The van der Waals surface area contributed by atoms with E-state index in [-0.39, 0.29) is 5.82 Å². The summed E-state index contributed by atoms with van der Waals surface area (Å²) in [4.78, 5) is 2.25. The number of hydrogen-bond donors (Lipinski definition) is 2. The lowest BCUT2D eigenvalue weighted by Gasteiger charge is -2.26. The number of aliphatic hydroxyl groups excluding tert-OH is 1. The minimum absolute atomic E-state index is 0.292. The van der Waals surface area contributed by atoms with Gasteiger partial charge in [-0.15, -0.1) is 5.10 Å². The maximum atomic E-state index is 12.9. The Hall–Kier alpha value is -2.05. The Balaban J connectivity index is 1.51. The summed E-state index contributed by atoms with van der Waals surface area (Å²) in [5, 5.41) is 21.6. The van der Waals surface area contributed by atoms with E-state index in [1.807, 2.05) is 12.1 Å². The summed E-state index contributed by atoms with van der Waals surface area (Å²) in [5.74, 6) is 0.607. The average Bonchev–Trinajstić information content (AvgIpc) is 3.05. The zero-order chi connectivity index (χ0) is 16.1. The molecule has 0 radical (unpaired) electrons. The van der Waals surface area contributed by atoms with E-state index in [4.69, 9.17) is 0 Å². The topological polar surface area (TPSA) is 61.3 Å². The first kappa shape index (κ1) is 15.8. The Morgan fingerprint density at radius 1 is 1.30 bits per heavy atom. The zero-order valence-corrected chi connectivity index (χ0v) is 12.9. The Kier molecular flexibility index (Phi) is 5.15. The molecule has 0 saturated carbocycles. The van der Waals surface area contributed by atoms with Crippen LogP contribution >= 0.6 is 0 Å². The highest BCUT2D eigenvalue weighted by Gasteiger charge is 2.25. The van der Waals surface area contributed by atoms with Crippen LogP contribution in [0.2, 0.25) is 0 Å². The maximum Gasteiger partial charge on any atom is 0.151 e. The number of nitrogens with one attached hydrogen (secondary N) is 1. The highest BCUT2D eigenvalue weighted by atomic mass is 19.1. The van der Waals surface area contributed by atoms with Gasteiger partial charge in [-0.1, -0.05) is 12.1 Å². The van der Waals surface area contributed by atoms with Gasteiger partial charge < -0.3 is 15.3 Å². The van der Waals surface area contributed by atoms with Crippen LogP contribution in [0.1, 0.15) is 24.5 Å². The first-order chi connectivity index (χ1) is 11.2. The van der Waals surface area contributed by atoms with E-state index in [1.54, 1.807) is 18.3 Å². The summed E-state index contributed by atoms with van der Waals surface area (Å²) in [6.45, 7) is 2.19. The fourth-order valence-corrected chi connectivity index (χ4v) is 2.99. The molecule has 1 saturated heterocycles. The minimum atomic E-state index is -0.637. The van der Waals surface area contributed by atoms with Crippen LogP contribution in [-0.2, 0) is 0 Å². The van der Waals surface area contributed by atoms with Crippen molar-refractivity contribution in [3.63, 3.8) is 0 Å². The van der Waals surface area contributed by atoms with Gasteiger partial charge in [0.25, 0.3) is 0 Å². The van der Waals surface area contributed by atoms with Gasteiger partial charge in [0.2, 0.25) is 0 Å². The lowest BCUT2D eigenvalue weighted by molar-refractivity contribution is 0.174. The molecule has 3 rings (SSSR count). The molecule has 0 bridgehead atoms. The molecule has 2 heterocycles. The number of aromatic nitrogens is 2. The van der Waals surface area contributed by atoms with E-state index in [0.29, 0.717) is 12.6 Å². The molecule has 6 heteroatoms. The van der Waals surface area contributed by atoms with Gasteiger partial charge >= 0.3 is 0 Å². The quantitative estimate of drug-likeness (QED) is 0.852. The molecule has 23 heavy (non-hydrogen) atoms. The predicted molar refractivity (Wildman–Crippen MR) is 86.6 cm³/mol. The van der Waals surface area contributed by atoms with Crippen molar-refractivity contribution in [3.8, 4) is 0 Å². The lowest BCUT2D eigenvalue weighted by Crippen LogP contribution is -2.39. The molecule has 0 spiro atoms. The highest BCUT2D eigenvalue weighted by molar-refractivity contribution is 5.39. The van der Waals surface area contributed by atoms with Crippen molar-refractivity contribution in [1.82, 2.24) is 15.5 Å². The van der Waals surface area contributed by atoms with Gasteiger partial charge in [0.05, 0.1) is 6.10 Å². The van der Waals surface area contributed by atoms with E-state index >= 15 is 0 Å². The molecular formula is C17H21FN4O. The third-order valence-electron chi connectivity index (χ3n) is 4.20. The van der Waals surface area contributed by atoms with Crippen LogP contribution in [0.15, 0.2) is 42.6 Å². The van der Waals surface area contributed by atoms with Crippen LogP contribution in [0.5, 0.6) is 0 Å². The van der Waals surface area contributed by atoms with E-state index in [9.17, 15) is 9.50 Å². The van der Waals surface area contributed by atoms with Crippen molar-refractivity contribution in [2.75, 3.05) is 24.5 Å². The van der Waals surface area contributed by atoms with Crippen LogP contribution < -0.4 is 10.2 Å². The van der Waals surface area contributed by atoms with Gasteiger partial charge in [-0.3, -0.25) is 0 Å². The van der Waals surface area contributed by atoms with Crippen molar-refractivity contribution in [2.45, 2.75) is 25.0 Å². The average molecular weight is 316 g/mol. The standard InChI is InChI=1S/C17H21FN4O/c18-14-7-5-13(6-8-14)16(23)12-19-11-15-3-2-10-22(15)17-4-1-9-20-21-17/h1,4-9,15-16,19,23H,2-3,10-12H2/t15-,16-/m0/s1. The summed E-state index contributed by atoms with van der Waals surface area (Å²) >= 11 is 0. The number of rotatable bonds is 6. The van der Waals surface area contributed by atoms with Gasteiger partial charge in [0.1, 0.15) is 5.82 Å². The Bertz CT molecular complexity index is 608. The molecule has 2 atom stereocenters. The smallest absolute Gasteiger partial charge is 0.151 e. The first-order valence-corrected chi connectivity index (χ1v) is 7.92. The molecule has 0 unspecified atom stereocenters. The zero-order valence-electron chi connectivity index (χ0n) is 12.9. The second kappa shape index (κ2) is 7.48. The van der Waals surface area contributed by atoms with Gasteiger partial charge in [-0.05, 0) is 42.7 Å². The Morgan fingerprint density at radius 3 is 2.87 bits per heavy atom. The second-order valence-corrected chi connectivity index (χ2v) is 5.80. The van der Waals surface area contributed by atoms with Crippen LogP contribution in [0.25, 0.3) is 0 Å². The number of halogens is 1. The Morgan fingerprint density at radius 2 is 2.13 bits per heavy atom. The molecule has 122 valence electrons. The SMILES string of the molecule is O[C@@H](CNC[C@@H]1CCCN1c1cccnn1)c1ccc(F)cc1. The number of benzene rings is 1. The summed E-state index contributed by atoms with van der Waals surface area (Å²) < 4.78 is 12.9. The van der Waals surface area contributed by atoms with Crippen molar-refractivity contribution >= 4 is 5.82 Å². The molecule has 1 aliphatic heterocycles. The minimum Gasteiger partial charge on any atom is -0.387 e. The fourth-order valence-electron chi connectivity index (χ4n) is 2.99. The van der Waals surface area contributed by atoms with E-state index in [2.05, 4.69) is 20.4 Å². The third kappa shape index (κ3) is 4.03. The number of aliphatic hydroxyl groups is 1. The Labute approximate surface area is 135 Å². The largest absolute Gasteiger partial charge is 0.387 e. The fraction of sp³-hybridized carbons (Fsp3) is 0.412. The molecule has 2 N–H and O–H groups in total. The molecule has 1 aromatic heterocycles. The van der Waals surface area contributed by atoms with Crippen LogP contribution in [0.4, 0.5) is 10.2 Å². The molecule has 0 aliphatic carbocycles. The normalized spacial score (nSPS) is 19.0. The van der Waals surface area contributed by atoms with E-state index in [1.165, 1.54) is 12.1 Å². The van der Waals surface area contributed by atoms with Crippen LogP contribution in [0, 0.1) is 5.82 Å². The highest BCUT2D eigenvalue weighted by Crippen LogP contribution is 2.22. The van der Waals surface area contributed by atoms with Gasteiger partial charge in [0, 0.05) is 31.9 Å². The molecule has 1 aliphatic rings. The number of nitrogens with zero attached hydrogens (tertiary/aromatic N) is 3. The van der Waals surface area contributed by atoms with Crippen molar-refractivity contribution in [2.24, 2.45) is 0 Å². The van der Waals surface area contributed by atoms with Crippen LogP contribution in [0.3, 0.4) is 0 Å². The van der Waals surface area contributed by atoms with E-state index in [0.717, 1.165) is 37.3 Å². The summed E-state index contributed by atoms with van der Waals surface area (Å²) in [5.41, 5.74) is 0.719. The van der Waals surface area contributed by atoms with E-state index < -0.39 is 6.10 Å². The number of hydrogen-bond acceptors (Lipinski definition) is 5. The van der Waals surface area contributed by atoms with Crippen molar-refractivity contribution < 1.29 is 9.50 Å². The van der Waals surface area contributed by atoms with Crippen molar-refractivity contribution in [1.29, 1.82) is 0 Å². The summed E-state index contributed by atoms with van der Waals surface area (Å²) in [7, 11) is 0. The first-order valence-electron chi connectivity index (χ1n) is 7.92. The third-order valence-corrected chi connectivity index (χ3v) is 4.20. The number of anilines is 1. The molecule has 1 aromatic carbocycles. The predicted octanol–water partition coefficient (Wildman–Crippen LogP) is 1.91. The molecule has 0 amide bonds. The van der Waals surface area contributed by atoms with Gasteiger partial charge in [-0.25, -0.2) is 4.39 Å². The second-order valence-electron chi connectivity index (χ2n) is 5.80. The van der Waals surface area contributed by atoms with Crippen molar-refractivity contribution in [3.05, 3.63) is 54.0 Å². The van der Waals surface area contributed by atoms with Gasteiger partial charge in [0.15, 0.2) is 5.82 Å². The lowest BCUT2D eigenvalue weighted by atomic mass is 10.1. The summed E-state index contributed by atoms with van der Waals surface area (Å²) in [6, 6.07) is 10.2. The van der Waals surface area contributed by atoms with Gasteiger partial charge in [-0.2, -0.15) is 5.10 Å². The monoisotopic (exact) mass is 316 g/mol. The molecular weight excluding hydrogens is 295 g/mol. The molecule has 5 nitrogen and oxygen atoms in total. The van der Waals surface area contributed by atoms with Crippen LogP contribution in [-0.4, -0.2) is 41.0 Å². The molecule has 2 aromatic rings. The molecule has 1 fully saturated rings. The maximum absolute atomic E-state index is 12.9. The summed E-state index contributed by atoms with van der Waals surface area (Å²) in [6.07, 6.45) is 3.26.